The highest BCUT2D eigenvalue weighted by atomic mass is 16.1. The van der Waals surface area contributed by atoms with E-state index in [0.29, 0.717) is 23.7 Å². The molecule has 0 aromatic carbocycles. The van der Waals surface area contributed by atoms with Gasteiger partial charge in [-0.1, -0.05) is 6.07 Å². The SMILES string of the molecule is CCNc1ncccc1C(=O)Nc1cccc(C)n1. The molecule has 19 heavy (non-hydrogen) atoms. The lowest BCUT2D eigenvalue weighted by Gasteiger charge is -2.09. The Kier molecular flexibility index (Phi) is 4.07. The Bertz CT molecular complexity index is 583. The van der Waals surface area contributed by atoms with Crippen LogP contribution in [0.15, 0.2) is 36.5 Å². The predicted octanol–water partition coefficient (Wildman–Crippen LogP) is 2.47. The van der Waals surface area contributed by atoms with E-state index in [1.165, 1.54) is 0 Å². The van der Waals surface area contributed by atoms with Crippen molar-refractivity contribution >= 4 is 17.5 Å². The van der Waals surface area contributed by atoms with Gasteiger partial charge in [-0.25, -0.2) is 9.97 Å². The molecule has 0 unspecified atom stereocenters. The van der Waals surface area contributed by atoms with E-state index in [-0.39, 0.29) is 5.91 Å². The van der Waals surface area contributed by atoms with E-state index in [1.807, 2.05) is 26.0 Å². The Morgan fingerprint density at radius 3 is 2.84 bits per heavy atom. The van der Waals surface area contributed by atoms with E-state index in [9.17, 15) is 4.79 Å². The molecule has 0 fully saturated rings. The molecule has 2 aromatic heterocycles. The zero-order chi connectivity index (χ0) is 13.7. The van der Waals surface area contributed by atoms with Crippen LogP contribution in [0.25, 0.3) is 0 Å². The smallest absolute Gasteiger partial charge is 0.260 e. The van der Waals surface area contributed by atoms with Crippen molar-refractivity contribution in [2.45, 2.75) is 13.8 Å². The van der Waals surface area contributed by atoms with Gasteiger partial charge in [0.15, 0.2) is 0 Å². The largest absolute Gasteiger partial charge is 0.370 e. The molecule has 0 bridgehead atoms. The van der Waals surface area contributed by atoms with Gasteiger partial charge in [-0.2, -0.15) is 0 Å². The molecule has 2 aromatic rings. The van der Waals surface area contributed by atoms with E-state index in [1.54, 1.807) is 24.4 Å². The van der Waals surface area contributed by atoms with Crippen LogP contribution in [0.3, 0.4) is 0 Å². The zero-order valence-corrected chi connectivity index (χ0v) is 11.0. The number of pyridine rings is 2. The summed E-state index contributed by atoms with van der Waals surface area (Å²) >= 11 is 0. The number of anilines is 2. The van der Waals surface area contributed by atoms with Gasteiger partial charge in [-0.15, -0.1) is 0 Å². The number of amides is 1. The highest BCUT2D eigenvalue weighted by molar-refractivity contribution is 6.07. The Hall–Kier alpha value is -2.43. The third-order valence-electron chi connectivity index (χ3n) is 2.53. The van der Waals surface area contributed by atoms with Gasteiger partial charge in [-0.3, -0.25) is 4.79 Å². The highest BCUT2D eigenvalue weighted by Gasteiger charge is 2.12. The van der Waals surface area contributed by atoms with Gasteiger partial charge in [-0.05, 0) is 38.1 Å². The quantitative estimate of drug-likeness (QED) is 0.881. The van der Waals surface area contributed by atoms with E-state index >= 15 is 0 Å². The molecule has 2 heterocycles. The van der Waals surface area contributed by atoms with Gasteiger partial charge in [0.05, 0.1) is 5.56 Å². The van der Waals surface area contributed by atoms with Gasteiger partial charge in [0.25, 0.3) is 5.91 Å². The second-order valence-corrected chi connectivity index (χ2v) is 4.05. The maximum atomic E-state index is 12.2. The topological polar surface area (TPSA) is 66.9 Å². The first-order valence-corrected chi connectivity index (χ1v) is 6.14. The fraction of sp³-hybridized carbons (Fsp3) is 0.214. The Balaban J connectivity index is 2.20. The third-order valence-corrected chi connectivity index (χ3v) is 2.53. The van der Waals surface area contributed by atoms with Crippen molar-refractivity contribution < 1.29 is 4.79 Å². The fourth-order valence-electron chi connectivity index (χ4n) is 1.69. The summed E-state index contributed by atoms with van der Waals surface area (Å²) in [5.74, 6) is 0.897. The number of rotatable bonds is 4. The predicted molar refractivity (Wildman–Crippen MR) is 75.3 cm³/mol. The number of aromatic nitrogens is 2. The minimum absolute atomic E-state index is 0.220. The van der Waals surface area contributed by atoms with E-state index in [0.717, 1.165) is 5.69 Å². The summed E-state index contributed by atoms with van der Waals surface area (Å²) in [6, 6.07) is 8.96. The average Bonchev–Trinajstić information content (AvgIpc) is 2.39. The summed E-state index contributed by atoms with van der Waals surface area (Å²) in [7, 11) is 0. The number of carbonyl (C=O) groups excluding carboxylic acids is 1. The number of hydrogen-bond acceptors (Lipinski definition) is 4. The van der Waals surface area contributed by atoms with Crippen molar-refractivity contribution in [3.8, 4) is 0 Å². The number of carbonyl (C=O) groups is 1. The molecular weight excluding hydrogens is 240 g/mol. The number of hydrogen-bond donors (Lipinski definition) is 2. The normalized spacial score (nSPS) is 10.0. The second kappa shape index (κ2) is 5.95. The molecular formula is C14H16N4O. The molecule has 0 saturated heterocycles. The summed E-state index contributed by atoms with van der Waals surface area (Å²) in [6.45, 7) is 4.54. The van der Waals surface area contributed by atoms with Gasteiger partial charge in [0, 0.05) is 18.4 Å². The Morgan fingerprint density at radius 2 is 2.11 bits per heavy atom. The van der Waals surface area contributed by atoms with Crippen molar-refractivity contribution in [1.29, 1.82) is 0 Å². The van der Waals surface area contributed by atoms with Gasteiger partial charge in [0.2, 0.25) is 0 Å². The van der Waals surface area contributed by atoms with Crippen LogP contribution in [-0.4, -0.2) is 22.4 Å². The first kappa shape index (κ1) is 13.0. The van der Waals surface area contributed by atoms with Crippen LogP contribution in [0.1, 0.15) is 23.0 Å². The van der Waals surface area contributed by atoms with Crippen molar-refractivity contribution in [2.75, 3.05) is 17.2 Å². The monoisotopic (exact) mass is 256 g/mol. The summed E-state index contributed by atoms with van der Waals surface area (Å²) in [6.07, 6.45) is 1.65. The molecule has 0 radical (unpaired) electrons. The maximum Gasteiger partial charge on any atom is 0.260 e. The standard InChI is InChI=1S/C14H16N4O/c1-3-15-13-11(7-5-9-16-13)14(19)18-12-8-4-6-10(2)17-12/h4-9H,3H2,1-2H3,(H,15,16)(H,17,18,19). The number of aryl methyl sites for hydroxylation is 1. The van der Waals surface area contributed by atoms with Crippen LogP contribution in [-0.2, 0) is 0 Å². The van der Waals surface area contributed by atoms with Crippen LogP contribution in [0.2, 0.25) is 0 Å². The van der Waals surface area contributed by atoms with E-state index in [4.69, 9.17) is 0 Å². The number of nitrogens with zero attached hydrogens (tertiary/aromatic N) is 2. The van der Waals surface area contributed by atoms with Gasteiger partial charge >= 0.3 is 0 Å². The minimum atomic E-state index is -0.220. The minimum Gasteiger partial charge on any atom is -0.370 e. The molecule has 0 aliphatic carbocycles. The van der Waals surface area contributed by atoms with Crippen LogP contribution in [0, 0.1) is 6.92 Å². The summed E-state index contributed by atoms with van der Waals surface area (Å²) in [4.78, 5) is 20.6. The molecule has 1 amide bonds. The molecule has 0 aliphatic rings. The summed E-state index contributed by atoms with van der Waals surface area (Å²) in [5.41, 5.74) is 1.36. The average molecular weight is 256 g/mol. The molecule has 0 saturated carbocycles. The molecule has 5 nitrogen and oxygen atoms in total. The van der Waals surface area contributed by atoms with Crippen LogP contribution in [0.5, 0.6) is 0 Å². The van der Waals surface area contributed by atoms with Crippen molar-refractivity contribution in [3.05, 3.63) is 47.8 Å². The maximum absolute atomic E-state index is 12.2. The molecule has 0 spiro atoms. The van der Waals surface area contributed by atoms with E-state index < -0.39 is 0 Å². The van der Waals surface area contributed by atoms with Crippen LogP contribution < -0.4 is 10.6 Å². The zero-order valence-electron chi connectivity index (χ0n) is 11.0. The van der Waals surface area contributed by atoms with Crippen LogP contribution in [0.4, 0.5) is 11.6 Å². The van der Waals surface area contributed by atoms with Crippen molar-refractivity contribution in [1.82, 2.24) is 9.97 Å². The lowest BCUT2D eigenvalue weighted by molar-refractivity contribution is 0.102. The Labute approximate surface area is 112 Å². The van der Waals surface area contributed by atoms with Crippen molar-refractivity contribution in [2.24, 2.45) is 0 Å². The van der Waals surface area contributed by atoms with Crippen LogP contribution >= 0.6 is 0 Å². The molecule has 2 rings (SSSR count). The highest BCUT2D eigenvalue weighted by Crippen LogP contribution is 2.13. The van der Waals surface area contributed by atoms with Crippen molar-refractivity contribution in [3.63, 3.8) is 0 Å². The molecule has 98 valence electrons. The third kappa shape index (κ3) is 3.28. The molecule has 0 atom stereocenters. The fourth-order valence-corrected chi connectivity index (χ4v) is 1.69. The molecule has 0 aliphatic heterocycles. The van der Waals surface area contributed by atoms with E-state index in [2.05, 4.69) is 20.6 Å². The first-order valence-electron chi connectivity index (χ1n) is 6.14. The second-order valence-electron chi connectivity index (χ2n) is 4.05. The Morgan fingerprint density at radius 1 is 1.26 bits per heavy atom. The summed E-state index contributed by atoms with van der Waals surface area (Å²) in [5, 5.41) is 5.83. The van der Waals surface area contributed by atoms with Gasteiger partial charge < -0.3 is 10.6 Å². The van der Waals surface area contributed by atoms with Gasteiger partial charge in [0.1, 0.15) is 11.6 Å². The lowest BCUT2D eigenvalue weighted by Crippen LogP contribution is -2.16. The first-order chi connectivity index (χ1) is 9.20. The molecule has 5 heteroatoms. The number of nitrogens with one attached hydrogen (secondary N) is 2. The summed E-state index contributed by atoms with van der Waals surface area (Å²) < 4.78 is 0. The molecule has 2 N–H and O–H groups in total. The lowest BCUT2D eigenvalue weighted by atomic mass is 10.2.